The van der Waals surface area contributed by atoms with Crippen LogP contribution in [-0.4, -0.2) is 43.7 Å². The van der Waals surface area contributed by atoms with Crippen LogP contribution in [-0.2, 0) is 14.8 Å². The van der Waals surface area contributed by atoms with E-state index in [9.17, 15) is 22.4 Å². The summed E-state index contributed by atoms with van der Waals surface area (Å²) in [5.41, 5.74) is 4.64. The van der Waals surface area contributed by atoms with Crippen molar-refractivity contribution in [3.8, 4) is 5.75 Å². The first-order valence-electron chi connectivity index (χ1n) is 9.31. The maximum Gasteiger partial charge on any atom is 0.279 e. The number of sulfonamides is 1. The molecular weight excluding hydrogens is 413 g/mol. The maximum atomic E-state index is 12.9. The molecule has 0 spiro atoms. The third kappa shape index (κ3) is 5.77. The lowest BCUT2D eigenvalue weighted by Gasteiger charge is -2.18. The number of amides is 2. The van der Waals surface area contributed by atoms with E-state index in [0.717, 1.165) is 0 Å². The van der Waals surface area contributed by atoms with Crippen molar-refractivity contribution in [1.82, 2.24) is 15.2 Å². The molecule has 0 radical (unpaired) electrons. The summed E-state index contributed by atoms with van der Waals surface area (Å²) in [5.74, 6) is -1.37. The van der Waals surface area contributed by atoms with E-state index in [-0.39, 0.29) is 10.5 Å². The molecule has 0 bridgehead atoms. The van der Waals surface area contributed by atoms with Crippen LogP contribution < -0.4 is 15.6 Å². The number of carbonyl (C=O) groups excluding carboxylic acids is 2. The number of benzene rings is 2. The van der Waals surface area contributed by atoms with Crippen LogP contribution in [0.3, 0.4) is 0 Å². The lowest BCUT2D eigenvalue weighted by Crippen LogP contribution is -2.47. The zero-order valence-corrected chi connectivity index (χ0v) is 17.7. The molecule has 162 valence electrons. The minimum Gasteiger partial charge on any atom is -0.481 e. The summed E-state index contributed by atoms with van der Waals surface area (Å²) >= 11 is 0. The van der Waals surface area contributed by atoms with Gasteiger partial charge in [0.25, 0.3) is 11.8 Å². The van der Waals surface area contributed by atoms with Gasteiger partial charge in [-0.2, -0.15) is 4.31 Å². The second kappa shape index (κ2) is 10.2. The van der Waals surface area contributed by atoms with Gasteiger partial charge in [-0.3, -0.25) is 20.4 Å². The van der Waals surface area contributed by atoms with Crippen LogP contribution in [0.5, 0.6) is 5.75 Å². The van der Waals surface area contributed by atoms with Crippen LogP contribution in [0, 0.1) is 5.82 Å². The fourth-order valence-electron chi connectivity index (χ4n) is 2.55. The van der Waals surface area contributed by atoms with Crippen molar-refractivity contribution in [3.05, 3.63) is 59.9 Å². The molecule has 8 nitrogen and oxygen atoms in total. The van der Waals surface area contributed by atoms with E-state index in [1.165, 1.54) is 59.8 Å². The largest absolute Gasteiger partial charge is 0.481 e. The molecule has 0 aliphatic rings. The molecule has 10 heteroatoms. The highest BCUT2D eigenvalue weighted by molar-refractivity contribution is 7.89. The maximum absolute atomic E-state index is 12.9. The van der Waals surface area contributed by atoms with Gasteiger partial charge in [0, 0.05) is 18.7 Å². The van der Waals surface area contributed by atoms with E-state index < -0.39 is 33.8 Å². The number of ether oxygens (including phenoxy) is 1. The second-order valence-electron chi connectivity index (χ2n) is 6.27. The van der Waals surface area contributed by atoms with Gasteiger partial charge in [0.2, 0.25) is 10.0 Å². The number of halogens is 1. The first-order chi connectivity index (χ1) is 14.2. The lowest BCUT2D eigenvalue weighted by molar-refractivity contribution is -0.128. The van der Waals surface area contributed by atoms with Crippen molar-refractivity contribution in [2.75, 3.05) is 13.1 Å². The molecule has 0 unspecified atom stereocenters. The Morgan fingerprint density at radius 2 is 1.57 bits per heavy atom. The van der Waals surface area contributed by atoms with E-state index in [0.29, 0.717) is 18.8 Å². The molecule has 0 saturated carbocycles. The van der Waals surface area contributed by atoms with Crippen molar-refractivity contribution < 1.29 is 27.1 Å². The number of nitrogens with one attached hydrogen (secondary N) is 2. The van der Waals surface area contributed by atoms with E-state index in [1.807, 2.05) is 0 Å². The van der Waals surface area contributed by atoms with E-state index >= 15 is 0 Å². The van der Waals surface area contributed by atoms with Crippen LogP contribution in [0.15, 0.2) is 53.4 Å². The Hall–Kier alpha value is -2.98. The average molecular weight is 437 g/mol. The molecular formula is C20H24FN3O5S. The van der Waals surface area contributed by atoms with Gasteiger partial charge < -0.3 is 4.74 Å². The predicted octanol–water partition coefficient (Wildman–Crippen LogP) is 2.08. The summed E-state index contributed by atoms with van der Waals surface area (Å²) in [6.07, 6.45) is -0.947. The number of carbonyl (C=O) groups is 2. The fraction of sp³-hybridized carbons (Fsp3) is 0.300. The minimum atomic E-state index is -3.62. The summed E-state index contributed by atoms with van der Waals surface area (Å²) in [5, 5.41) is 0. The number of nitrogens with zero attached hydrogens (tertiary/aromatic N) is 1. The van der Waals surface area contributed by atoms with Gasteiger partial charge in [-0.15, -0.1) is 0 Å². The lowest BCUT2D eigenvalue weighted by atomic mass is 10.2. The Kier molecular flexibility index (Phi) is 7.90. The molecule has 0 fully saturated rings. The molecule has 0 heterocycles. The highest BCUT2D eigenvalue weighted by Crippen LogP contribution is 2.16. The van der Waals surface area contributed by atoms with Gasteiger partial charge in [-0.1, -0.05) is 13.8 Å². The molecule has 30 heavy (non-hydrogen) atoms. The molecule has 2 amide bonds. The topological polar surface area (TPSA) is 105 Å². The van der Waals surface area contributed by atoms with Gasteiger partial charge in [-0.05, 0) is 55.5 Å². The second-order valence-corrected chi connectivity index (χ2v) is 8.21. The Morgan fingerprint density at radius 1 is 1.00 bits per heavy atom. The summed E-state index contributed by atoms with van der Waals surface area (Å²) in [6, 6.07) is 10.6. The molecule has 0 saturated heterocycles. The summed E-state index contributed by atoms with van der Waals surface area (Å²) in [6.45, 7) is 5.63. The number of hydrazine groups is 1. The minimum absolute atomic E-state index is 0.0769. The van der Waals surface area contributed by atoms with Crippen molar-refractivity contribution in [1.29, 1.82) is 0 Å². The SMILES string of the molecule is CCN(CC)S(=O)(=O)c1ccc(C(=O)NNC(=O)[C@H](C)Oc2ccc(F)cc2)cc1. The molecule has 2 aromatic rings. The number of hydrogen-bond acceptors (Lipinski definition) is 5. The number of rotatable bonds is 8. The van der Waals surface area contributed by atoms with Gasteiger partial charge in [0.15, 0.2) is 6.10 Å². The van der Waals surface area contributed by atoms with Crippen LogP contribution in [0.25, 0.3) is 0 Å². The normalized spacial score (nSPS) is 12.3. The predicted molar refractivity (Wildman–Crippen MR) is 109 cm³/mol. The summed E-state index contributed by atoms with van der Waals surface area (Å²) in [4.78, 5) is 24.4. The zero-order chi connectivity index (χ0) is 22.3. The van der Waals surface area contributed by atoms with Crippen LogP contribution in [0.4, 0.5) is 4.39 Å². The fourth-order valence-corrected chi connectivity index (χ4v) is 4.01. The van der Waals surface area contributed by atoms with Gasteiger partial charge >= 0.3 is 0 Å². The Bertz CT molecular complexity index is 975. The number of hydrogen-bond donors (Lipinski definition) is 2. The summed E-state index contributed by atoms with van der Waals surface area (Å²) in [7, 11) is -3.62. The van der Waals surface area contributed by atoms with Crippen LogP contribution >= 0.6 is 0 Å². The first kappa shape index (κ1) is 23.3. The van der Waals surface area contributed by atoms with Crippen molar-refractivity contribution in [3.63, 3.8) is 0 Å². The smallest absolute Gasteiger partial charge is 0.279 e. The van der Waals surface area contributed by atoms with Gasteiger partial charge in [-0.25, -0.2) is 12.8 Å². The average Bonchev–Trinajstić information content (AvgIpc) is 2.74. The van der Waals surface area contributed by atoms with E-state index in [4.69, 9.17) is 4.74 Å². The summed E-state index contributed by atoms with van der Waals surface area (Å²) < 4.78 is 44.5. The molecule has 2 rings (SSSR count). The third-order valence-electron chi connectivity index (χ3n) is 4.25. The molecule has 2 aromatic carbocycles. The molecule has 0 aliphatic heterocycles. The molecule has 0 aliphatic carbocycles. The molecule has 1 atom stereocenters. The standard InChI is InChI=1S/C20H24FN3O5S/c1-4-24(5-2)30(27,28)18-12-6-15(7-13-18)20(26)23-22-19(25)14(3)29-17-10-8-16(21)9-11-17/h6-14H,4-5H2,1-3H3,(H,22,25)(H,23,26)/t14-/m0/s1. The van der Waals surface area contributed by atoms with Crippen molar-refractivity contribution in [2.45, 2.75) is 31.8 Å². The monoisotopic (exact) mass is 437 g/mol. The highest BCUT2D eigenvalue weighted by Gasteiger charge is 2.22. The van der Waals surface area contributed by atoms with Crippen molar-refractivity contribution >= 4 is 21.8 Å². The van der Waals surface area contributed by atoms with Crippen molar-refractivity contribution in [2.24, 2.45) is 0 Å². The van der Waals surface area contributed by atoms with Gasteiger partial charge in [0.05, 0.1) is 4.90 Å². The Balaban J connectivity index is 1.94. The quantitative estimate of drug-likeness (QED) is 0.616. The van der Waals surface area contributed by atoms with E-state index in [2.05, 4.69) is 10.9 Å². The molecule has 0 aromatic heterocycles. The highest BCUT2D eigenvalue weighted by atomic mass is 32.2. The van der Waals surface area contributed by atoms with Gasteiger partial charge in [0.1, 0.15) is 11.6 Å². The third-order valence-corrected chi connectivity index (χ3v) is 6.32. The zero-order valence-electron chi connectivity index (χ0n) is 16.9. The Morgan fingerprint density at radius 3 is 2.10 bits per heavy atom. The van der Waals surface area contributed by atoms with E-state index in [1.54, 1.807) is 13.8 Å². The first-order valence-corrected chi connectivity index (χ1v) is 10.8. The van der Waals surface area contributed by atoms with Crippen LogP contribution in [0.1, 0.15) is 31.1 Å². The molecule has 2 N–H and O–H groups in total. The van der Waals surface area contributed by atoms with Crippen LogP contribution in [0.2, 0.25) is 0 Å². The Labute approximate surface area is 175 Å².